The quantitative estimate of drug-likeness (QED) is 0.645. The summed E-state index contributed by atoms with van der Waals surface area (Å²) in [4.78, 5) is 28.4. The third-order valence-corrected chi connectivity index (χ3v) is 4.76. The Bertz CT molecular complexity index is 925. The Morgan fingerprint density at radius 3 is 2.82 bits per heavy atom. The van der Waals surface area contributed by atoms with Gasteiger partial charge < -0.3 is 15.2 Å². The van der Waals surface area contributed by atoms with Crippen LogP contribution >= 0.6 is 0 Å². The zero-order valence-corrected chi connectivity index (χ0v) is 15.4. The summed E-state index contributed by atoms with van der Waals surface area (Å²) >= 11 is 0. The molecule has 0 unspecified atom stereocenters. The topological polar surface area (TPSA) is 93.8 Å². The lowest BCUT2D eigenvalue weighted by Crippen LogP contribution is -2.36. The number of hydrogen-bond acceptors (Lipinski definition) is 4. The van der Waals surface area contributed by atoms with Gasteiger partial charge >= 0.3 is 0 Å². The molecule has 0 radical (unpaired) electrons. The molecule has 1 atom stereocenters. The first-order valence-corrected chi connectivity index (χ1v) is 9.31. The molecule has 144 valence electrons. The van der Waals surface area contributed by atoms with Crippen LogP contribution < -0.4 is 10.6 Å². The van der Waals surface area contributed by atoms with Crippen LogP contribution in [0.15, 0.2) is 55.1 Å². The van der Waals surface area contributed by atoms with Gasteiger partial charge in [0.15, 0.2) is 0 Å². The van der Waals surface area contributed by atoms with Gasteiger partial charge in [0.1, 0.15) is 5.69 Å². The lowest BCUT2D eigenvalue weighted by molar-refractivity contribution is -0.122. The molecule has 3 aromatic rings. The predicted octanol–water partition coefficient (Wildman–Crippen LogP) is 1.14. The van der Waals surface area contributed by atoms with Crippen molar-refractivity contribution in [3.63, 3.8) is 0 Å². The standard InChI is InChI=1S/C20H22N6O2/c27-19(6-8-25-9-7-21-14-25)23-16-10-17-11-18(24-26(17)13-16)20(28)22-12-15-4-2-1-3-5-15/h1-5,7,9,11,14,16H,6,8,10,12-13H2,(H,22,28)(H,23,27)/t16-/m0/s1. The molecule has 0 fully saturated rings. The first-order valence-electron chi connectivity index (χ1n) is 9.31. The van der Waals surface area contributed by atoms with Gasteiger partial charge in [-0.05, 0) is 11.6 Å². The monoisotopic (exact) mass is 378 g/mol. The van der Waals surface area contributed by atoms with Crippen LogP contribution in [0.1, 0.15) is 28.2 Å². The molecule has 28 heavy (non-hydrogen) atoms. The lowest BCUT2D eigenvalue weighted by Gasteiger charge is -2.12. The summed E-state index contributed by atoms with van der Waals surface area (Å²) in [7, 11) is 0. The zero-order chi connectivity index (χ0) is 19.3. The summed E-state index contributed by atoms with van der Waals surface area (Å²) in [5, 5.41) is 10.3. The molecule has 0 aliphatic carbocycles. The Kier molecular flexibility index (Phi) is 5.18. The molecule has 2 N–H and O–H groups in total. The Balaban J connectivity index is 1.25. The van der Waals surface area contributed by atoms with Crippen molar-refractivity contribution in [1.82, 2.24) is 30.0 Å². The fourth-order valence-electron chi connectivity index (χ4n) is 3.33. The average molecular weight is 378 g/mol. The molecular weight excluding hydrogens is 356 g/mol. The molecule has 0 saturated heterocycles. The van der Waals surface area contributed by atoms with Crippen molar-refractivity contribution in [2.24, 2.45) is 0 Å². The van der Waals surface area contributed by atoms with Crippen molar-refractivity contribution in [2.75, 3.05) is 0 Å². The first kappa shape index (κ1) is 18.0. The molecule has 4 rings (SSSR count). The molecule has 1 aromatic carbocycles. The second-order valence-electron chi connectivity index (χ2n) is 6.89. The zero-order valence-electron chi connectivity index (χ0n) is 15.4. The van der Waals surface area contributed by atoms with E-state index in [1.807, 2.05) is 41.1 Å². The number of fused-ring (bicyclic) bond motifs is 1. The van der Waals surface area contributed by atoms with E-state index in [2.05, 4.69) is 20.7 Å². The molecule has 2 amide bonds. The third kappa shape index (κ3) is 4.28. The molecule has 3 heterocycles. The van der Waals surface area contributed by atoms with Crippen molar-refractivity contribution in [2.45, 2.75) is 38.5 Å². The summed E-state index contributed by atoms with van der Waals surface area (Å²) in [6.45, 7) is 1.66. The van der Waals surface area contributed by atoms with Gasteiger partial charge in [-0.25, -0.2) is 4.98 Å². The van der Waals surface area contributed by atoms with Gasteiger partial charge in [-0.15, -0.1) is 0 Å². The second kappa shape index (κ2) is 8.08. The van der Waals surface area contributed by atoms with Crippen LogP contribution in [0.5, 0.6) is 0 Å². The predicted molar refractivity (Wildman–Crippen MR) is 102 cm³/mol. The Morgan fingerprint density at radius 1 is 1.21 bits per heavy atom. The minimum atomic E-state index is -0.188. The fraction of sp³-hybridized carbons (Fsp3) is 0.300. The van der Waals surface area contributed by atoms with Crippen molar-refractivity contribution in [3.05, 3.63) is 72.1 Å². The highest BCUT2D eigenvalue weighted by atomic mass is 16.2. The first-order chi connectivity index (χ1) is 13.7. The van der Waals surface area contributed by atoms with Crippen LogP contribution in [0.4, 0.5) is 0 Å². The molecule has 2 aromatic heterocycles. The number of carbonyl (C=O) groups is 2. The van der Waals surface area contributed by atoms with E-state index in [1.165, 1.54) is 0 Å². The maximum absolute atomic E-state index is 12.3. The average Bonchev–Trinajstić information content (AvgIpc) is 3.42. The van der Waals surface area contributed by atoms with Gasteiger partial charge in [-0.3, -0.25) is 14.3 Å². The van der Waals surface area contributed by atoms with Gasteiger partial charge in [0, 0.05) is 44.0 Å². The van der Waals surface area contributed by atoms with Crippen molar-refractivity contribution >= 4 is 11.8 Å². The van der Waals surface area contributed by atoms with Gasteiger partial charge in [0.25, 0.3) is 5.91 Å². The molecular formula is C20H22N6O2. The number of amides is 2. The van der Waals surface area contributed by atoms with E-state index >= 15 is 0 Å². The second-order valence-corrected chi connectivity index (χ2v) is 6.89. The van der Waals surface area contributed by atoms with Crippen LogP contribution in [0.25, 0.3) is 0 Å². The number of hydrogen-bond donors (Lipinski definition) is 2. The van der Waals surface area contributed by atoms with Crippen LogP contribution in [0.3, 0.4) is 0 Å². The van der Waals surface area contributed by atoms with Crippen molar-refractivity contribution in [1.29, 1.82) is 0 Å². The highest BCUT2D eigenvalue weighted by Gasteiger charge is 2.26. The highest BCUT2D eigenvalue weighted by molar-refractivity contribution is 5.92. The summed E-state index contributed by atoms with van der Waals surface area (Å²) in [6, 6.07) is 11.6. The molecule has 1 aliphatic heterocycles. The molecule has 8 nitrogen and oxygen atoms in total. The number of imidazole rings is 1. The fourth-order valence-corrected chi connectivity index (χ4v) is 3.33. The van der Waals surface area contributed by atoms with Crippen molar-refractivity contribution < 1.29 is 9.59 Å². The highest BCUT2D eigenvalue weighted by Crippen LogP contribution is 2.16. The smallest absolute Gasteiger partial charge is 0.272 e. The minimum Gasteiger partial charge on any atom is -0.351 e. The van der Waals surface area contributed by atoms with E-state index in [9.17, 15) is 9.59 Å². The number of nitrogens with zero attached hydrogens (tertiary/aromatic N) is 4. The van der Waals surface area contributed by atoms with Gasteiger partial charge in [-0.2, -0.15) is 5.10 Å². The molecule has 8 heteroatoms. The van der Waals surface area contributed by atoms with Crippen LogP contribution in [-0.4, -0.2) is 37.2 Å². The Labute approximate surface area is 162 Å². The SMILES string of the molecule is O=C(CCn1ccnc1)N[C@H]1Cc2cc(C(=O)NCc3ccccc3)nn2C1. The summed E-state index contributed by atoms with van der Waals surface area (Å²) in [5.74, 6) is -0.183. The Hall–Kier alpha value is -3.42. The number of aromatic nitrogens is 4. The lowest BCUT2D eigenvalue weighted by atomic mass is 10.2. The van der Waals surface area contributed by atoms with Gasteiger partial charge in [-0.1, -0.05) is 30.3 Å². The third-order valence-electron chi connectivity index (χ3n) is 4.76. The molecule has 0 bridgehead atoms. The van der Waals surface area contributed by atoms with E-state index in [-0.39, 0.29) is 17.9 Å². The van der Waals surface area contributed by atoms with Crippen molar-refractivity contribution in [3.8, 4) is 0 Å². The molecule has 0 saturated carbocycles. The number of nitrogens with one attached hydrogen (secondary N) is 2. The maximum Gasteiger partial charge on any atom is 0.272 e. The van der Waals surface area contributed by atoms with E-state index in [4.69, 9.17) is 0 Å². The Morgan fingerprint density at radius 2 is 2.07 bits per heavy atom. The largest absolute Gasteiger partial charge is 0.351 e. The summed E-state index contributed by atoms with van der Waals surface area (Å²) in [6.07, 6.45) is 6.31. The summed E-state index contributed by atoms with van der Waals surface area (Å²) < 4.78 is 3.68. The van der Waals surface area contributed by atoms with E-state index in [0.29, 0.717) is 38.2 Å². The van der Waals surface area contributed by atoms with Crippen LogP contribution in [-0.2, 0) is 30.8 Å². The number of rotatable bonds is 7. The number of aryl methyl sites for hydroxylation is 1. The molecule has 0 spiro atoms. The van der Waals surface area contributed by atoms with E-state index < -0.39 is 0 Å². The maximum atomic E-state index is 12.3. The number of carbonyl (C=O) groups excluding carboxylic acids is 2. The minimum absolute atomic E-state index is 0.00489. The van der Waals surface area contributed by atoms with E-state index in [1.54, 1.807) is 23.3 Å². The summed E-state index contributed by atoms with van der Waals surface area (Å²) in [5.41, 5.74) is 2.42. The van der Waals surface area contributed by atoms with E-state index in [0.717, 1.165) is 11.3 Å². The van der Waals surface area contributed by atoms with Gasteiger partial charge in [0.05, 0.1) is 18.9 Å². The van der Waals surface area contributed by atoms with Crippen LogP contribution in [0, 0.1) is 0 Å². The van der Waals surface area contributed by atoms with Crippen LogP contribution in [0.2, 0.25) is 0 Å². The number of benzene rings is 1. The molecule has 1 aliphatic rings. The normalized spacial score (nSPS) is 15.2. The van der Waals surface area contributed by atoms with Gasteiger partial charge in [0.2, 0.25) is 5.91 Å².